The summed E-state index contributed by atoms with van der Waals surface area (Å²) < 4.78 is 4.58. The Balaban J connectivity index is 1.11. The van der Waals surface area contributed by atoms with E-state index >= 15 is 0 Å². The van der Waals surface area contributed by atoms with Crippen LogP contribution in [0.5, 0.6) is 0 Å². The summed E-state index contributed by atoms with van der Waals surface area (Å²) in [5.74, 6) is 1.78. The molecule has 0 radical (unpaired) electrons. The van der Waals surface area contributed by atoms with Crippen molar-refractivity contribution in [2.24, 2.45) is 0 Å². The number of pyridine rings is 1. The molecule has 0 bridgehead atoms. The van der Waals surface area contributed by atoms with Crippen LogP contribution in [0.4, 0.5) is 0 Å². The number of thiophene rings is 1. The van der Waals surface area contributed by atoms with Gasteiger partial charge in [0.05, 0.1) is 22.7 Å². The van der Waals surface area contributed by atoms with Crippen molar-refractivity contribution in [2.75, 3.05) is 0 Å². The lowest BCUT2D eigenvalue weighted by Crippen LogP contribution is -2.01. The molecular formula is C51H30N6S. The van der Waals surface area contributed by atoms with Crippen molar-refractivity contribution in [3.05, 3.63) is 188 Å². The molecule has 0 fully saturated rings. The van der Waals surface area contributed by atoms with E-state index in [-0.39, 0.29) is 0 Å². The molecule has 0 aliphatic carbocycles. The average Bonchev–Trinajstić information content (AvgIpc) is 3.84. The van der Waals surface area contributed by atoms with Gasteiger partial charge in [0.2, 0.25) is 0 Å². The molecule has 6 nitrogen and oxygen atoms in total. The fraction of sp³-hybridized carbons (Fsp3) is 0. The molecule has 0 spiro atoms. The number of nitrogens with zero attached hydrogens (tertiary/aromatic N) is 6. The van der Waals surface area contributed by atoms with Crippen LogP contribution in [0, 0.1) is 11.3 Å². The van der Waals surface area contributed by atoms with E-state index in [9.17, 15) is 5.26 Å². The molecule has 11 aromatic rings. The average molecular weight is 759 g/mol. The molecule has 4 heterocycles. The lowest BCUT2D eigenvalue weighted by atomic mass is 9.96. The summed E-state index contributed by atoms with van der Waals surface area (Å²) in [4.78, 5) is 20.0. The van der Waals surface area contributed by atoms with Gasteiger partial charge >= 0.3 is 0 Å². The molecule has 11 rings (SSSR count). The number of benzene rings is 7. The summed E-state index contributed by atoms with van der Waals surface area (Å²) in [5.41, 5.74) is 10.8. The SMILES string of the molecule is N#Cc1ccc2c(c1)sc1cc(-c3cc(-c4cccnc4)cc(-c4nc(-c5ccccc5)nc(-c5ccc6c(c5)c5ccccc5n6-c5ccccc5)n4)c3)ccc12. The van der Waals surface area contributed by atoms with Crippen molar-refractivity contribution < 1.29 is 0 Å². The van der Waals surface area contributed by atoms with E-state index in [4.69, 9.17) is 15.0 Å². The first-order chi connectivity index (χ1) is 28.7. The number of hydrogen-bond acceptors (Lipinski definition) is 6. The lowest BCUT2D eigenvalue weighted by molar-refractivity contribution is 1.07. The smallest absolute Gasteiger partial charge is 0.164 e. The van der Waals surface area contributed by atoms with Gasteiger partial charge in [-0.3, -0.25) is 4.98 Å². The maximum absolute atomic E-state index is 9.52. The number of hydrogen-bond donors (Lipinski definition) is 0. The minimum absolute atomic E-state index is 0.578. The predicted molar refractivity (Wildman–Crippen MR) is 237 cm³/mol. The van der Waals surface area contributed by atoms with Crippen LogP contribution in [0.1, 0.15) is 5.56 Å². The second kappa shape index (κ2) is 13.7. The van der Waals surface area contributed by atoms with Gasteiger partial charge in [-0.2, -0.15) is 5.26 Å². The van der Waals surface area contributed by atoms with Crippen LogP contribution in [0.3, 0.4) is 0 Å². The summed E-state index contributed by atoms with van der Waals surface area (Å²) in [5, 5.41) is 14.1. The molecule has 0 unspecified atom stereocenters. The zero-order valence-electron chi connectivity index (χ0n) is 30.9. The standard InChI is InChI=1S/C51H30N6S/c52-30-32-17-20-42-43-21-18-34(29-48(43)58-47(42)24-32)37-25-38(36-12-9-23-53-31-36)27-39(26-37)51-55-49(33-10-3-1-4-11-33)54-50(56-51)35-19-22-46-44(28-35)41-15-7-8-16-45(41)57(46)40-13-5-2-6-14-40/h1-29,31H. The van der Waals surface area contributed by atoms with E-state index in [0.29, 0.717) is 23.0 Å². The molecule has 0 saturated heterocycles. The van der Waals surface area contributed by atoms with Crippen molar-refractivity contribution in [1.82, 2.24) is 24.5 Å². The Labute approximate surface area is 337 Å². The van der Waals surface area contributed by atoms with E-state index in [1.807, 2.05) is 60.8 Å². The Morgan fingerprint density at radius 3 is 1.83 bits per heavy atom. The van der Waals surface area contributed by atoms with Gasteiger partial charge in [-0.25, -0.2) is 15.0 Å². The Morgan fingerprint density at radius 1 is 0.431 bits per heavy atom. The predicted octanol–water partition coefficient (Wildman–Crippen LogP) is 12.9. The molecule has 0 aliphatic heterocycles. The second-order valence-electron chi connectivity index (χ2n) is 14.3. The van der Waals surface area contributed by atoms with Crippen LogP contribution < -0.4 is 0 Å². The molecule has 0 amide bonds. The molecule has 0 N–H and O–H groups in total. The normalized spacial score (nSPS) is 11.4. The maximum atomic E-state index is 9.52. The Hall–Kier alpha value is -7.79. The van der Waals surface area contributed by atoms with Gasteiger partial charge in [-0.05, 0) is 95.6 Å². The highest BCUT2D eigenvalue weighted by Crippen LogP contribution is 2.40. The van der Waals surface area contributed by atoms with Crippen molar-refractivity contribution in [3.8, 4) is 68.2 Å². The lowest BCUT2D eigenvalue weighted by Gasteiger charge is -2.13. The van der Waals surface area contributed by atoms with Gasteiger partial charge in [-0.15, -0.1) is 11.3 Å². The van der Waals surface area contributed by atoms with E-state index in [1.165, 1.54) is 5.39 Å². The summed E-state index contributed by atoms with van der Waals surface area (Å²) in [6.45, 7) is 0. The Kier molecular flexibility index (Phi) is 7.95. The van der Waals surface area contributed by atoms with Crippen LogP contribution in [-0.4, -0.2) is 24.5 Å². The molecule has 7 heteroatoms. The number of nitriles is 1. The molecule has 4 aromatic heterocycles. The van der Waals surface area contributed by atoms with Crippen molar-refractivity contribution in [1.29, 1.82) is 5.26 Å². The molecule has 0 aliphatic rings. The Morgan fingerprint density at radius 2 is 1.05 bits per heavy atom. The van der Waals surface area contributed by atoms with Crippen LogP contribution in [0.2, 0.25) is 0 Å². The molecule has 0 atom stereocenters. The first-order valence-electron chi connectivity index (χ1n) is 19.0. The third-order valence-electron chi connectivity index (χ3n) is 10.7. The molecule has 7 aromatic carbocycles. The number of fused-ring (bicyclic) bond motifs is 6. The van der Waals surface area contributed by atoms with Gasteiger partial charge in [0.25, 0.3) is 0 Å². The zero-order valence-corrected chi connectivity index (χ0v) is 31.7. The number of rotatable bonds is 6. The van der Waals surface area contributed by atoms with Crippen LogP contribution >= 0.6 is 11.3 Å². The van der Waals surface area contributed by atoms with Crippen LogP contribution in [0.25, 0.3) is 104 Å². The van der Waals surface area contributed by atoms with Crippen molar-refractivity contribution in [2.45, 2.75) is 0 Å². The fourth-order valence-corrected chi connectivity index (χ4v) is 9.15. The van der Waals surface area contributed by atoms with Crippen LogP contribution in [0.15, 0.2) is 182 Å². The monoisotopic (exact) mass is 758 g/mol. The minimum atomic E-state index is 0.578. The minimum Gasteiger partial charge on any atom is -0.309 e. The molecule has 0 saturated carbocycles. The third-order valence-corrected chi connectivity index (χ3v) is 11.8. The highest BCUT2D eigenvalue weighted by Gasteiger charge is 2.18. The highest BCUT2D eigenvalue weighted by molar-refractivity contribution is 7.25. The van der Waals surface area contributed by atoms with Gasteiger partial charge < -0.3 is 4.57 Å². The first-order valence-corrected chi connectivity index (χ1v) is 19.8. The highest BCUT2D eigenvalue weighted by atomic mass is 32.1. The van der Waals surface area contributed by atoms with Gasteiger partial charge in [0, 0.05) is 71.3 Å². The fourth-order valence-electron chi connectivity index (χ4n) is 7.97. The molecular weight excluding hydrogens is 729 g/mol. The maximum Gasteiger partial charge on any atom is 0.164 e. The van der Waals surface area contributed by atoms with Crippen molar-refractivity contribution >= 4 is 53.3 Å². The van der Waals surface area contributed by atoms with Crippen LogP contribution in [-0.2, 0) is 0 Å². The summed E-state index contributed by atoms with van der Waals surface area (Å²) in [6, 6.07) is 61.0. The molecule has 270 valence electrons. The summed E-state index contributed by atoms with van der Waals surface area (Å²) in [6.07, 6.45) is 3.68. The van der Waals surface area contributed by atoms with Gasteiger partial charge in [0.15, 0.2) is 17.5 Å². The zero-order chi connectivity index (χ0) is 38.6. The topological polar surface area (TPSA) is 80.3 Å². The van der Waals surface area contributed by atoms with Crippen molar-refractivity contribution in [3.63, 3.8) is 0 Å². The third kappa shape index (κ3) is 5.79. The van der Waals surface area contributed by atoms with E-state index in [1.54, 1.807) is 17.5 Å². The second-order valence-corrected chi connectivity index (χ2v) is 15.4. The molecule has 58 heavy (non-hydrogen) atoms. The number of aromatic nitrogens is 5. The largest absolute Gasteiger partial charge is 0.309 e. The van der Waals surface area contributed by atoms with Gasteiger partial charge in [-0.1, -0.05) is 91.0 Å². The van der Waals surface area contributed by atoms with Gasteiger partial charge in [0.1, 0.15) is 0 Å². The van der Waals surface area contributed by atoms with E-state index in [0.717, 1.165) is 81.2 Å². The van der Waals surface area contributed by atoms with E-state index < -0.39 is 0 Å². The first kappa shape index (κ1) is 33.5. The van der Waals surface area contributed by atoms with E-state index in [2.05, 4.69) is 131 Å². The summed E-state index contributed by atoms with van der Waals surface area (Å²) >= 11 is 1.71. The number of para-hydroxylation sites is 2. The Bertz CT molecular complexity index is 3400. The quantitative estimate of drug-likeness (QED) is 0.169. The summed E-state index contributed by atoms with van der Waals surface area (Å²) in [7, 11) is 0.